The molecule has 0 aromatic carbocycles. The van der Waals surface area contributed by atoms with Gasteiger partial charge in [-0.2, -0.15) is 0 Å². The molecule has 2 aliphatic heterocycles. The lowest BCUT2D eigenvalue weighted by molar-refractivity contribution is 0.0991. The first-order valence-corrected chi connectivity index (χ1v) is 7.95. The van der Waals surface area contributed by atoms with E-state index in [0.29, 0.717) is 12.2 Å². The molecule has 2 saturated heterocycles. The van der Waals surface area contributed by atoms with Crippen LogP contribution in [0.15, 0.2) is 0 Å². The van der Waals surface area contributed by atoms with Crippen LogP contribution in [-0.4, -0.2) is 25.4 Å². The van der Waals surface area contributed by atoms with E-state index < -0.39 is 0 Å². The van der Waals surface area contributed by atoms with Crippen LogP contribution in [0.4, 0.5) is 0 Å². The number of fused-ring (bicyclic) bond motifs is 2. The topological polar surface area (TPSA) is 18.5 Å². The molecule has 18 heavy (non-hydrogen) atoms. The highest BCUT2D eigenvalue weighted by Gasteiger charge is 2.36. The summed E-state index contributed by atoms with van der Waals surface area (Å²) in [6, 6.07) is 0. The zero-order valence-corrected chi connectivity index (χ0v) is 11.9. The van der Waals surface area contributed by atoms with Gasteiger partial charge in [0.05, 0.1) is 12.2 Å². The van der Waals surface area contributed by atoms with Gasteiger partial charge in [-0.1, -0.05) is 13.8 Å². The molecule has 2 heterocycles. The summed E-state index contributed by atoms with van der Waals surface area (Å²) >= 11 is 0. The van der Waals surface area contributed by atoms with Crippen molar-refractivity contribution in [3.8, 4) is 0 Å². The number of hydrogen-bond acceptors (Lipinski definition) is 2. The fourth-order valence-electron chi connectivity index (χ4n) is 4.47. The van der Waals surface area contributed by atoms with Crippen molar-refractivity contribution in [3.63, 3.8) is 0 Å². The van der Waals surface area contributed by atoms with E-state index in [1.807, 2.05) is 0 Å². The average molecular weight is 252 g/mol. The van der Waals surface area contributed by atoms with E-state index in [2.05, 4.69) is 13.8 Å². The average Bonchev–Trinajstić information content (AvgIpc) is 2.97. The molecule has 104 valence electrons. The summed E-state index contributed by atoms with van der Waals surface area (Å²) in [4.78, 5) is 0. The zero-order valence-electron chi connectivity index (χ0n) is 11.9. The van der Waals surface area contributed by atoms with Gasteiger partial charge in [0.25, 0.3) is 0 Å². The highest BCUT2D eigenvalue weighted by atomic mass is 16.5. The SMILES string of the molecule is C[C@@H]1C[C@@H]2CCO[C@@H]2C1.C[C@H]1CC2CCOC2C1. The van der Waals surface area contributed by atoms with Crippen LogP contribution >= 0.6 is 0 Å². The van der Waals surface area contributed by atoms with Gasteiger partial charge in [-0.25, -0.2) is 0 Å². The number of hydrogen-bond donors (Lipinski definition) is 0. The second-order valence-corrected chi connectivity index (χ2v) is 7.07. The third-order valence-corrected chi connectivity index (χ3v) is 5.37. The van der Waals surface area contributed by atoms with Crippen molar-refractivity contribution < 1.29 is 9.47 Å². The first-order chi connectivity index (χ1) is 8.72. The van der Waals surface area contributed by atoms with E-state index in [1.165, 1.54) is 38.5 Å². The summed E-state index contributed by atoms with van der Waals surface area (Å²) in [5, 5.41) is 0. The second kappa shape index (κ2) is 5.50. The highest BCUT2D eigenvalue weighted by Crippen LogP contribution is 2.39. The van der Waals surface area contributed by atoms with Crippen LogP contribution in [-0.2, 0) is 9.47 Å². The Labute approximate surface area is 111 Å². The molecule has 0 bridgehead atoms. The van der Waals surface area contributed by atoms with Gasteiger partial charge in [0.15, 0.2) is 0 Å². The summed E-state index contributed by atoms with van der Waals surface area (Å²) in [5.41, 5.74) is 0. The maximum absolute atomic E-state index is 5.55. The third-order valence-electron chi connectivity index (χ3n) is 5.37. The van der Waals surface area contributed by atoms with E-state index in [0.717, 1.165) is 36.9 Å². The molecule has 2 heteroatoms. The van der Waals surface area contributed by atoms with Gasteiger partial charge in [0.2, 0.25) is 0 Å². The van der Waals surface area contributed by atoms with Gasteiger partial charge in [-0.15, -0.1) is 0 Å². The standard InChI is InChI=1S/2C8H14O/c2*1-6-4-7-2-3-9-8(7)5-6/h2*6-8H,2-5H2,1H3/t6-,7?,8?;6-,7+,8-/m01/s1. The zero-order chi connectivity index (χ0) is 12.5. The molecule has 2 aliphatic carbocycles. The molecule has 0 aromatic rings. The van der Waals surface area contributed by atoms with Crippen LogP contribution in [0.25, 0.3) is 0 Å². The normalized spacial score (nSPS) is 49.7. The Morgan fingerprint density at radius 1 is 0.667 bits per heavy atom. The molecule has 4 fully saturated rings. The van der Waals surface area contributed by atoms with Crippen LogP contribution in [0.1, 0.15) is 52.4 Å². The number of ether oxygens (including phenoxy) is 2. The Balaban J connectivity index is 0.000000111. The molecule has 0 N–H and O–H groups in total. The maximum Gasteiger partial charge on any atom is 0.0606 e. The minimum Gasteiger partial charge on any atom is -0.378 e. The van der Waals surface area contributed by atoms with Gasteiger partial charge in [-0.05, 0) is 62.2 Å². The van der Waals surface area contributed by atoms with E-state index in [4.69, 9.17) is 9.47 Å². The summed E-state index contributed by atoms with van der Waals surface area (Å²) in [6.45, 7) is 6.73. The molecular weight excluding hydrogens is 224 g/mol. The summed E-state index contributed by atoms with van der Waals surface area (Å²) in [5.74, 6) is 3.72. The van der Waals surface area contributed by atoms with Crippen molar-refractivity contribution in [2.75, 3.05) is 13.2 Å². The van der Waals surface area contributed by atoms with Gasteiger partial charge < -0.3 is 9.47 Å². The van der Waals surface area contributed by atoms with Crippen LogP contribution in [0.3, 0.4) is 0 Å². The van der Waals surface area contributed by atoms with Crippen LogP contribution in [0.5, 0.6) is 0 Å². The molecule has 0 amide bonds. The maximum atomic E-state index is 5.55. The Morgan fingerprint density at radius 3 is 1.50 bits per heavy atom. The predicted molar refractivity (Wildman–Crippen MR) is 72.5 cm³/mol. The summed E-state index contributed by atoms with van der Waals surface area (Å²) in [7, 11) is 0. The summed E-state index contributed by atoms with van der Waals surface area (Å²) in [6.07, 6.45) is 9.45. The monoisotopic (exact) mass is 252 g/mol. The lowest BCUT2D eigenvalue weighted by atomic mass is 10.0. The van der Waals surface area contributed by atoms with Crippen molar-refractivity contribution in [1.29, 1.82) is 0 Å². The molecule has 0 spiro atoms. The van der Waals surface area contributed by atoms with Crippen molar-refractivity contribution in [1.82, 2.24) is 0 Å². The molecule has 4 rings (SSSR count). The van der Waals surface area contributed by atoms with E-state index >= 15 is 0 Å². The quantitative estimate of drug-likeness (QED) is 0.655. The molecule has 0 aromatic heterocycles. The predicted octanol–water partition coefficient (Wildman–Crippen LogP) is 3.64. The molecule has 0 radical (unpaired) electrons. The number of rotatable bonds is 0. The lowest BCUT2D eigenvalue weighted by Gasteiger charge is -2.04. The summed E-state index contributed by atoms with van der Waals surface area (Å²) < 4.78 is 11.1. The molecular formula is C16H28O2. The van der Waals surface area contributed by atoms with Crippen LogP contribution in [0, 0.1) is 23.7 Å². The van der Waals surface area contributed by atoms with Gasteiger partial charge in [0.1, 0.15) is 0 Å². The van der Waals surface area contributed by atoms with Gasteiger partial charge in [0, 0.05) is 13.2 Å². The Kier molecular flexibility index (Phi) is 3.95. The largest absolute Gasteiger partial charge is 0.378 e. The lowest BCUT2D eigenvalue weighted by Crippen LogP contribution is -2.06. The highest BCUT2D eigenvalue weighted by molar-refractivity contribution is 4.86. The van der Waals surface area contributed by atoms with Crippen molar-refractivity contribution in [3.05, 3.63) is 0 Å². The molecule has 2 nitrogen and oxygen atoms in total. The fraction of sp³-hybridized carbons (Fsp3) is 1.00. The second-order valence-electron chi connectivity index (χ2n) is 7.07. The van der Waals surface area contributed by atoms with Crippen LogP contribution < -0.4 is 0 Å². The molecule has 6 atom stereocenters. The fourth-order valence-corrected chi connectivity index (χ4v) is 4.47. The van der Waals surface area contributed by atoms with Crippen LogP contribution in [0.2, 0.25) is 0 Å². The first-order valence-electron chi connectivity index (χ1n) is 7.95. The minimum atomic E-state index is 0.653. The van der Waals surface area contributed by atoms with Crippen molar-refractivity contribution >= 4 is 0 Å². The van der Waals surface area contributed by atoms with Crippen molar-refractivity contribution in [2.24, 2.45) is 23.7 Å². The van der Waals surface area contributed by atoms with E-state index in [-0.39, 0.29) is 0 Å². The smallest absolute Gasteiger partial charge is 0.0606 e. The Bertz CT molecular complexity index is 226. The molecule has 2 unspecified atom stereocenters. The molecule has 2 saturated carbocycles. The molecule has 4 aliphatic rings. The minimum absolute atomic E-state index is 0.653. The van der Waals surface area contributed by atoms with Crippen molar-refractivity contribution in [2.45, 2.75) is 64.6 Å². The Hall–Kier alpha value is -0.0800. The van der Waals surface area contributed by atoms with Gasteiger partial charge >= 0.3 is 0 Å². The first kappa shape index (κ1) is 12.9. The third kappa shape index (κ3) is 2.75. The van der Waals surface area contributed by atoms with E-state index in [9.17, 15) is 0 Å². The van der Waals surface area contributed by atoms with Gasteiger partial charge in [-0.3, -0.25) is 0 Å². The Morgan fingerprint density at radius 2 is 1.11 bits per heavy atom. The van der Waals surface area contributed by atoms with E-state index in [1.54, 1.807) is 0 Å².